The Morgan fingerprint density at radius 1 is 1.16 bits per heavy atom. The summed E-state index contributed by atoms with van der Waals surface area (Å²) in [6.07, 6.45) is 3.23. The average Bonchev–Trinajstić information content (AvgIpc) is 3.36. The summed E-state index contributed by atoms with van der Waals surface area (Å²) in [6.45, 7) is 5.42. The van der Waals surface area contributed by atoms with Crippen molar-refractivity contribution in [3.05, 3.63) is 61.8 Å². The van der Waals surface area contributed by atoms with Crippen LogP contribution >= 0.6 is 0 Å². The molecule has 0 atom stereocenters. The molecule has 1 aliphatic rings. The molecule has 0 spiro atoms. The van der Waals surface area contributed by atoms with Crippen molar-refractivity contribution in [3.8, 4) is 0 Å². The molecule has 0 aromatic carbocycles. The lowest BCUT2D eigenvalue weighted by atomic mass is 10.1. The normalized spacial score (nSPS) is 13.8. The summed E-state index contributed by atoms with van der Waals surface area (Å²) in [5.74, 6) is -0.161. The third-order valence-electron chi connectivity index (χ3n) is 6.22. The van der Waals surface area contributed by atoms with Crippen molar-refractivity contribution in [1.29, 1.82) is 0 Å². The van der Waals surface area contributed by atoms with Gasteiger partial charge >= 0.3 is 5.69 Å². The van der Waals surface area contributed by atoms with E-state index in [-0.39, 0.29) is 5.91 Å². The smallest absolute Gasteiger partial charge is 0.332 e. The lowest BCUT2D eigenvalue weighted by molar-refractivity contribution is 0.0722. The molecule has 1 amide bonds. The number of carbonyl (C=O) groups excluding carboxylic acids is 1. The van der Waals surface area contributed by atoms with Gasteiger partial charge in [0, 0.05) is 58.0 Å². The maximum absolute atomic E-state index is 13.6. The first-order chi connectivity index (χ1) is 15.3. The molecule has 0 radical (unpaired) electrons. The van der Waals surface area contributed by atoms with Gasteiger partial charge in [-0.05, 0) is 19.4 Å². The van der Waals surface area contributed by atoms with E-state index in [1.807, 2.05) is 30.6 Å². The lowest BCUT2D eigenvalue weighted by Gasteiger charge is -2.29. The van der Waals surface area contributed by atoms with Crippen molar-refractivity contribution in [2.45, 2.75) is 39.8 Å². The molecule has 0 saturated carbocycles. The first-order valence-electron chi connectivity index (χ1n) is 10.7. The van der Waals surface area contributed by atoms with Crippen LogP contribution in [0.15, 0.2) is 27.9 Å². The Kier molecular flexibility index (Phi) is 4.54. The van der Waals surface area contributed by atoms with E-state index in [0.717, 1.165) is 33.6 Å². The van der Waals surface area contributed by atoms with Gasteiger partial charge in [-0.3, -0.25) is 18.7 Å². The fourth-order valence-electron chi connectivity index (χ4n) is 4.66. The van der Waals surface area contributed by atoms with E-state index in [4.69, 9.17) is 0 Å². The van der Waals surface area contributed by atoms with E-state index in [2.05, 4.69) is 10.1 Å². The van der Waals surface area contributed by atoms with Crippen LogP contribution in [0.3, 0.4) is 0 Å². The fourth-order valence-corrected chi connectivity index (χ4v) is 4.66. The SMILES string of the molecule is CCCn1c(C(=O)N2CCc3c(cnc4cc(C)nn34)C2)cc2c(=O)n(C)c(=O)n(C)c21. The highest BCUT2D eigenvalue weighted by Gasteiger charge is 2.28. The van der Waals surface area contributed by atoms with Crippen LogP contribution in [0.1, 0.15) is 40.8 Å². The van der Waals surface area contributed by atoms with Crippen molar-refractivity contribution in [2.75, 3.05) is 6.54 Å². The summed E-state index contributed by atoms with van der Waals surface area (Å²) in [4.78, 5) is 45.1. The molecular weight excluding hydrogens is 410 g/mol. The molecule has 4 aromatic rings. The minimum absolute atomic E-state index is 0.161. The zero-order valence-electron chi connectivity index (χ0n) is 18.6. The molecule has 32 heavy (non-hydrogen) atoms. The van der Waals surface area contributed by atoms with Crippen LogP contribution in [0.5, 0.6) is 0 Å². The number of fused-ring (bicyclic) bond motifs is 4. The molecule has 0 aliphatic carbocycles. The number of hydrogen-bond donors (Lipinski definition) is 0. The summed E-state index contributed by atoms with van der Waals surface area (Å²) in [6, 6.07) is 3.56. The van der Waals surface area contributed by atoms with Gasteiger partial charge in [0.25, 0.3) is 11.5 Å². The molecule has 5 heterocycles. The average molecular weight is 435 g/mol. The van der Waals surface area contributed by atoms with E-state index in [0.29, 0.717) is 42.8 Å². The van der Waals surface area contributed by atoms with Crippen LogP contribution < -0.4 is 11.2 Å². The van der Waals surface area contributed by atoms with Crippen LogP contribution in [0.25, 0.3) is 16.7 Å². The quantitative estimate of drug-likeness (QED) is 0.478. The van der Waals surface area contributed by atoms with E-state index >= 15 is 0 Å². The maximum atomic E-state index is 13.6. The van der Waals surface area contributed by atoms with Gasteiger partial charge in [0.15, 0.2) is 5.65 Å². The van der Waals surface area contributed by atoms with Gasteiger partial charge in [-0.25, -0.2) is 14.3 Å². The van der Waals surface area contributed by atoms with E-state index in [9.17, 15) is 14.4 Å². The highest BCUT2D eigenvalue weighted by Crippen LogP contribution is 2.24. The molecule has 0 bridgehead atoms. The number of aryl methyl sites for hydroxylation is 3. The van der Waals surface area contributed by atoms with Crippen molar-refractivity contribution < 1.29 is 4.79 Å². The summed E-state index contributed by atoms with van der Waals surface area (Å²) in [7, 11) is 3.08. The van der Waals surface area contributed by atoms with Gasteiger partial charge in [0.2, 0.25) is 0 Å². The van der Waals surface area contributed by atoms with Crippen molar-refractivity contribution >= 4 is 22.6 Å². The van der Waals surface area contributed by atoms with Crippen LogP contribution in [-0.2, 0) is 33.6 Å². The highest BCUT2D eigenvalue weighted by molar-refractivity contribution is 5.98. The number of aromatic nitrogens is 6. The molecule has 166 valence electrons. The molecule has 0 N–H and O–H groups in total. The van der Waals surface area contributed by atoms with Crippen molar-refractivity contribution in [2.24, 2.45) is 14.1 Å². The second kappa shape index (κ2) is 7.18. The van der Waals surface area contributed by atoms with Gasteiger partial charge < -0.3 is 9.47 Å². The van der Waals surface area contributed by atoms with E-state index in [1.165, 1.54) is 11.6 Å². The second-order valence-corrected chi connectivity index (χ2v) is 8.39. The van der Waals surface area contributed by atoms with Crippen LogP contribution in [0, 0.1) is 6.92 Å². The Hall–Kier alpha value is -3.69. The Morgan fingerprint density at radius 3 is 2.69 bits per heavy atom. The third kappa shape index (κ3) is 2.82. The Labute approximate surface area is 183 Å². The third-order valence-corrected chi connectivity index (χ3v) is 6.22. The number of amides is 1. The minimum atomic E-state index is -0.409. The molecule has 10 heteroatoms. The summed E-state index contributed by atoms with van der Waals surface area (Å²) >= 11 is 0. The van der Waals surface area contributed by atoms with Crippen molar-refractivity contribution in [1.82, 2.24) is 33.2 Å². The Bertz CT molecular complexity index is 1520. The predicted molar refractivity (Wildman–Crippen MR) is 119 cm³/mol. The molecule has 4 aromatic heterocycles. The largest absolute Gasteiger partial charge is 0.333 e. The number of nitrogens with zero attached hydrogens (tertiary/aromatic N) is 7. The first-order valence-corrected chi connectivity index (χ1v) is 10.7. The van der Waals surface area contributed by atoms with E-state index in [1.54, 1.807) is 22.6 Å². The standard InChI is InChI=1S/C22H25N7O3/c1-5-7-28-17(10-15-19(28)25(3)22(32)26(4)20(15)30)21(31)27-8-6-16-14(12-27)11-23-18-9-13(2)24-29(16)18/h9-11H,5-8,12H2,1-4H3. The monoisotopic (exact) mass is 435 g/mol. The molecule has 0 unspecified atom stereocenters. The number of rotatable bonds is 3. The maximum Gasteiger partial charge on any atom is 0.332 e. The highest BCUT2D eigenvalue weighted by atomic mass is 16.2. The fraction of sp³-hybridized carbons (Fsp3) is 0.409. The number of hydrogen-bond acceptors (Lipinski definition) is 5. The molecule has 5 rings (SSSR count). The number of carbonyl (C=O) groups is 1. The van der Waals surface area contributed by atoms with Gasteiger partial charge in [-0.1, -0.05) is 6.92 Å². The molecular formula is C22H25N7O3. The van der Waals surface area contributed by atoms with Gasteiger partial charge in [0.1, 0.15) is 11.3 Å². The molecule has 10 nitrogen and oxygen atoms in total. The molecule has 0 saturated heterocycles. The van der Waals surface area contributed by atoms with Crippen molar-refractivity contribution in [3.63, 3.8) is 0 Å². The predicted octanol–water partition coefficient (Wildman–Crippen LogP) is 0.998. The zero-order valence-corrected chi connectivity index (χ0v) is 18.6. The zero-order chi connectivity index (χ0) is 22.7. The summed E-state index contributed by atoms with van der Waals surface area (Å²) < 4.78 is 6.18. The van der Waals surface area contributed by atoms with Crippen LogP contribution in [0.2, 0.25) is 0 Å². The topological polar surface area (TPSA) is 99.4 Å². The molecule has 0 fully saturated rings. The molecule has 1 aliphatic heterocycles. The van der Waals surface area contributed by atoms with Gasteiger partial charge in [0.05, 0.1) is 16.8 Å². The second-order valence-electron chi connectivity index (χ2n) is 8.39. The van der Waals surface area contributed by atoms with Gasteiger partial charge in [-0.15, -0.1) is 0 Å². The first kappa shape index (κ1) is 20.2. The van der Waals surface area contributed by atoms with E-state index < -0.39 is 11.2 Å². The Morgan fingerprint density at radius 2 is 1.94 bits per heavy atom. The Balaban J connectivity index is 1.60. The minimum Gasteiger partial charge on any atom is -0.333 e. The van der Waals surface area contributed by atoms with Crippen LogP contribution in [0.4, 0.5) is 0 Å². The van der Waals surface area contributed by atoms with Crippen LogP contribution in [-0.4, -0.2) is 45.7 Å². The lowest BCUT2D eigenvalue weighted by Crippen LogP contribution is -2.38. The summed E-state index contributed by atoms with van der Waals surface area (Å²) in [5.41, 5.74) is 3.84. The summed E-state index contributed by atoms with van der Waals surface area (Å²) in [5, 5.41) is 4.91. The van der Waals surface area contributed by atoms with Gasteiger partial charge in [-0.2, -0.15) is 5.10 Å².